The van der Waals surface area contributed by atoms with E-state index in [2.05, 4.69) is 20.8 Å². The van der Waals surface area contributed by atoms with Crippen molar-refractivity contribution in [3.8, 4) is 0 Å². The van der Waals surface area contributed by atoms with E-state index in [0.717, 1.165) is 25.7 Å². The van der Waals surface area contributed by atoms with Crippen LogP contribution in [0.1, 0.15) is 72.1 Å². The van der Waals surface area contributed by atoms with Crippen molar-refractivity contribution in [2.75, 3.05) is 13.2 Å². The molecule has 134 valence electrons. The Balaban J connectivity index is 2.00. The maximum Gasteiger partial charge on any atom is 0.0624 e. The fourth-order valence-corrected chi connectivity index (χ4v) is 7.09. The highest BCUT2D eigenvalue weighted by Crippen LogP contribution is 2.67. The first-order valence-electron chi connectivity index (χ1n) is 9.70. The molecule has 23 heavy (non-hydrogen) atoms. The molecule has 0 aromatic rings. The molecule has 3 fully saturated rings. The van der Waals surface area contributed by atoms with Crippen molar-refractivity contribution in [3.05, 3.63) is 0 Å². The van der Waals surface area contributed by atoms with Crippen LogP contribution in [-0.2, 0) is 0 Å². The first kappa shape index (κ1) is 17.7. The molecule has 0 heterocycles. The molecule has 0 radical (unpaired) electrons. The van der Waals surface area contributed by atoms with Gasteiger partial charge < -0.3 is 15.3 Å². The summed E-state index contributed by atoms with van der Waals surface area (Å²) in [5.74, 6) is 1.26. The van der Waals surface area contributed by atoms with E-state index in [4.69, 9.17) is 0 Å². The number of aliphatic hydroxyl groups excluding tert-OH is 3. The second kappa shape index (κ2) is 6.00. The molecule has 3 nitrogen and oxygen atoms in total. The van der Waals surface area contributed by atoms with Gasteiger partial charge in [-0.15, -0.1) is 0 Å². The maximum absolute atomic E-state index is 11.0. The second-order valence-corrected chi connectivity index (χ2v) is 9.76. The Hall–Kier alpha value is -0.120. The number of fused-ring (bicyclic) bond motifs is 3. The van der Waals surface area contributed by atoms with Crippen molar-refractivity contribution in [1.82, 2.24) is 0 Å². The third-order valence-electron chi connectivity index (χ3n) is 8.30. The van der Waals surface area contributed by atoms with Gasteiger partial charge in [0.2, 0.25) is 0 Å². The van der Waals surface area contributed by atoms with Gasteiger partial charge in [-0.25, -0.2) is 0 Å². The van der Waals surface area contributed by atoms with E-state index in [9.17, 15) is 15.3 Å². The minimum absolute atomic E-state index is 0.0969. The molecular formula is C20H36O3. The van der Waals surface area contributed by atoms with Crippen LogP contribution in [0.5, 0.6) is 0 Å². The Morgan fingerprint density at radius 3 is 2.30 bits per heavy atom. The lowest BCUT2D eigenvalue weighted by Gasteiger charge is -2.63. The SMILES string of the molecule is CC1(C)CCC[C@@]2(C)C1CC[C@]1(CO)C2CCC(CO)C[C@H]1O. The van der Waals surface area contributed by atoms with Gasteiger partial charge in [-0.05, 0) is 73.5 Å². The molecule has 0 aromatic carbocycles. The Kier molecular flexibility index (Phi) is 4.61. The van der Waals surface area contributed by atoms with E-state index >= 15 is 0 Å². The zero-order valence-electron chi connectivity index (χ0n) is 15.2. The minimum atomic E-state index is -0.472. The van der Waals surface area contributed by atoms with Crippen molar-refractivity contribution in [2.24, 2.45) is 34.0 Å². The van der Waals surface area contributed by atoms with Crippen molar-refractivity contribution in [1.29, 1.82) is 0 Å². The maximum atomic E-state index is 11.0. The fraction of sp³-hybridized carbons (Fsp3) is 1.00. The Bertz CT molecular complexity index is 435. The van der Waals surface area contributed by atoms with Gasteiger partial charge >= 0.3 is 0 Å². The van der Waals surface area contributed by atoms with E-state index in [1.54, 1.807) is 0 Å². The van der Waals surface area contributed by atoms with E-state index in [-0.39, 0.29) is 30.0 Å². The zero-order valence-corrected chi connectivity index (χ0v) is 15.2. The van der Waals surface area contributed by atoms with Gasteiger partial charge in [0.1, 0.15) is 0 Å². The molecule has 0 bridgehead atoms. The summed E-state index contributed by atoms with van der Waals surface area (Å²) in [7, 11) is 0. The molecule has 0 saturated heterocycles. The molecule has 0 aromatic heterocycles. The van der Waals surface area contributed by atoms with Crippen LogP contribution >= 0.6 is 0 Å². The molecule has 3 saturated carbocycles. The molecule has 6 atom stereocenters. The van der Waals surface area contributed by atoms with Gasteiger partial charge in [-0.1, -0.05) is 27.2 Å². The average molecular weight is 325 g/mol. The highest BCUT2D eigenvalue weighted by atomic mass is 16.3. The van der Waals surface area contributed by atoms with Gasteiger partial charge in [-0.3, -0.25) is 0 Å². The normalized spacial score (nSPS) is 49.8. The predicted molar refractivity (Wildman–Crippen MR) is 91.9 cm³/mol. The fourth-order valence-electron chi connectivity index (χ4n) is 7.09. The highest BCUT2D eigenvalue weighted by Gasteiger charge is 2.61. The van der Waals surface area contributed by atoms with Crippen molar-refractivity contribution < 1.29 is 15.3 Å². The largest absolute Gasteiger partial charge is 0.396 e. The van der Waals surface area contributed by atoms with E-state index < -0.39 is 6.10 Å². The zero-order chi connectivity index (χ0) is 16.9. The van der Waals surface area contributed by atoms with Crippen LogP contribution in [0, 0.1) is 34.0 Å². The molecule has 0 spiro atoms. The number of rotatable bonds is 2. The lowest BCUT2D eigenvalue weighted by molar-refractivity contribution is -0.183. The first-order valence-corrected chi connectivity index (χ1v) is 9.70. The van der Waals surface area contributed by atoms with E-state index in [0.29, 0.717) is 23.7 Å². The molecular weight excluding hydrogens is 288 g/mol. The Morgan fingerprint density at radius 2 is 1.65 bits per heavy atom. The van der Waals surface area contributed by atoms with Crippen LogP contribution in [-0.4, -0.2) is 34.6 Å². The van der Waals surface area contributed by atoms with E-state index in [1.165, 1.54) is 19.3 Å². The van der Waals surface area contributed by atoms with Gasteiger partial charge in [0.25, 0.3) is 0 Å². The van der Waals surface area contributed by atoms with Crippen molar-refractivity contribution >= 4 is 0 Å². The van der Waals surface area contributed by atoms with Crippen molar-refractivity contribution in [3.63, 3.8) is 0 Å². The van der Waals surface area contributed by atoms with Gasteiger partial charge in [0.05, 0.1) is 12.7 Å². The summed E-state index contributed by atoms with van der Waals surface area (Å²) in [5.41, 5.74) is 0.235. The Morgan fingerprint density at radius 1 is 0.913 bits per heavy atom. The average Bonchev–Trinajstić information content (AvgIpc) is 2.64. The molecule has 3 rings (SSSR count). The van der Waals surface area contributed by atoms with Crippen LogP contribution in [0.25, 0.3) is 0 Å². The van der Waals surface area contributed by atoms with Crippen LogP contribution in [0.3, 0.4) is 0 Å². The summed E-state index contributed by atoms with van der Waals surface area (Å²) in [6.45, 7) is 7.55. The quantitative estimate of drug-likeness (QED) is 0.730. The lowest BCUT2D eigenvalue weighted by Crippen LogP contribution is -2.59. The standard InChI is InChI=1S/C20H36O3/c1-18(2)8-4-9-19(3)15(18)7-10-20(13-22)16(19)6-5-14(12-21)11-17(20)23/h14-17,21-23H,4-13H2,1-3H3/t14?,15?,16?,17-,19+,20+/m1/s1. The smallest absolute Gasteiger partial charge is 0.0624 e. The molecule has 0 amide bonds. The lowest BCUT2D eigenvalue weighted by atomic mass is 9.42. The number of aliphatic hydroxyl groups is 3. The van der Waals surface area contributed by atoms with Crippen LogP contribution < -0.4 is 0 Å². The van der Waals surface area contributed by atoms with E-state index in [1.807, 2.05) is 0 Å². The topological polar surface area (TPSA) is 60.7 Å². The van der Waals surface area contributed by atoms with Gasteiger partial charge in [0, 0.05) is 12.0 Å². The summed E-state index contributed by atoms with van der Waals surface area (Å²) in [6, 6.07) is 0. The Labute approximate surface area is 141 Å². The summed E-state index contributed by atoms with van der Waals surface area (Å²) in [5, 5.41) is 31.0. The summed E-state index contributed by atoms with van der Waals surface area (Å²) in [4.78, 5) is 0. The third-order valence-corrected chi connectivity index (χ3v) is 8.30. The molecule has 3 aliphatic carbocycles. The summed E-state index contributed by atoms with van der Waals surface area (Å²) < 4.78 is 0. The monoisotopic (exact) mass is 324 g/mol. The van der Waals surface area contributed by atoms with Crippen LogP contribution in [0.2, 0.25) is 0 Å². The van der Waals surface area contributed by atoms with Crippen molar-refractivity contribution in [2.45, 2.75) is 78.2 Å². The number of hydrogen-bond acceptors (Lipinski definition) is 3. The molecule has 3 unspecified atom stereocenters. The van der Waals surface area contributed by atoms with Crippen LogP contribution in [0.15, 0.2) is 0 Å². The second-order valence-electron chi connectivity index (χ2n) is 9.76. The van der Waals surface area contributed by atoms with Gasteiger partial charge in [-0.2, -0.15) is 0 Å². The first-order chi connectivity index (χ1) is 10.8. The third kappa shape index (κ3) is 2.58. The summed E-state index contributed by atoms with van der Waals surface area (Å²) in [6.07, 6.45) is 8.07. The molecule has 3 heteroatoms. The number of hydrogen-bond donors (Lipinski definition) is 3. The molecule has 0 aliphatic heterocycles. The molecule has 3 aliphatic rings. The summed E-state index contributed by atoms with van der Waals surface area (Å²) >= 11 is 0. The highest BCUT2D eigenvalue weighted by molar-refractivity contribution is 5.10. The molecule has 3 N–H and O–H groups in total. The predicted octanol–water partition coefficient (Wildman–Crippen LogP) is 3.36. The van der Waals surface area contributed by atoms with Crippen LogP contribution in [0.4, 0.5) is 0 Å². The van der Waals surface area contributed by atoms with Gasteiger partial charge in [0.15, 0.2) is 0 Å². The minimum Gasteiger partial charge on any atom is -0.396 e.